The van der Waals surface area contributed by atoms with E-state index in [-0.39, 0.29) is 5.91 Å². The average Bonchev–Trinajstić information content (AvgIpc) is 3.04. The van der Waals surface area contributed by atoms with Crippen LogP contribution < -0.4 is 0 Å². The molecule has 0 saturated carbocycles. The van der Waals surface area contributed by atoms with Gasteiger partial charge < -0.3 is 4.90 Å². The lowest BCUT2D eigenvalue weighted by atomic mass is 10.3. The van der Waals surface area contributed by atoms with Crippen LogP contribution in [0.5, 0.6) is 0 Å². The van der Waals surface area contributed by atoms with Gasteiger partial charge in [-0.2, -0.15) is 0 Å². The molecule has 92 valence electrons. The number of thiazole rings is 1. The molecule has 3 rings (SSSR count). The van der Waals surface area contributed by atoms with E-state index in [1.54, 1.807) is 17.3 Å². The highest BCUT2D eigenvalue weighted by atomic mass is 32.1. The second-order valence-corrected chi connectivity index (χ2v) is 5.26. The quantitative estimate of drug-likeness (QED) is 0.824. The van der Waals surface area contributed by atoms with Gasteiger partial charge in [0.25, 0.3) is 5.91 Å². The van der Waals surface area contributed by atoms with Crippen LogP contribution in [-0.2, 0) is 19.5 Å². The topological polar surface area (TPSA) is 59.0 Å². The molecule has 1 aliphatic heterocycles. The number of rotatable bonds is 2. The first kappa shape index (κ1) is 11.3. The van der Waals surface area contributed by atoms with E-state index in [0.29, 0.717) is 18.1 Å². The van der Waals surface area contributed by atoms with E-state index in [9.17, 15) is 4.79 Å². The fraction of sp³-hybridized carbons (Fsp3) is 0.333. The molecule has 0 bridgehead atoms. The maximum Gasteiger partial charge on any atom is 0.283 e. The molecule has 0 spiro atoms. The van der Waals surface area contributed by atoms with E-state index < -0.39 is 0 Å². The smallest absolute Gasteiger partial charge is 0.283 e. The van der Waals surface area contributed by atoms with Gasteiger partial charge in [-0.1, -0.05) is 6.92 Å². The van der Waals surface area contributed by atoms with E-state index in [1.807, 2.05) is 0 Å². The van der Waals surface area contributed by atoms with Crippen molar-refractivity contribution >= 4 is 17.2 Å². The van der Waals surface area contributed by atoms with Gasteiger partial charge in [0.15, 0.2) is 5.01 Å². The van der Waals surface area contributed by atoms with Gasteiger partial charge in [0.05, 0.1) is 12.2 Å². The lowest BCUT2D eigenvalue weighted by Gasteiger charge is -2.12. The molecule has 5 nitrogen and oxygen atoms in total. The summed E-state index contributed by atoms with van der Waals surface area (Å²) < 4.78 is 0. The third-order valence-corrected chi connectivity index (χ3v) is 4.08. The zero-order valence-corrected chi connectivity index (χ0v) is 10.8. The minimum atomic E-state index is -0.0160. The first-order chi connectivity index (χ1) is 8.78. The summed E-state index contributed by atoms with van der Waals surface area (Å²) in [5.41, 5.74) is 1.96. The molecule has 3 heterocycles. The maximum absolute atomic E-state index is 12.3. The van der Waals surface area contributed by atoms with Crippen molar-refractivity contribution in [3.8, 4) is 0 Å². The summed E-state index contributed by atoms with van der Waals surface area (Å²) in [7, 11) is 0. The molecule has 0 unspecified atom stereocenters. The summed E-state index contributed by atoms with van der Waals surface area (Å²) in [5.74, 6) is -0.0160. The van der Waals surface area contributed by atoms with Gasteiger partial charge in [-0.15, -0.1) is 11.3 Å². The SMILES string of the molecule is CCc1cnc(C(=O)N2Cc3cncnc3C2)s1. The van der Waals surface area contributed by atoms with Gasteiger partial charge in [0, 0.05) is 29.4 Å². The zero-order chi connectivity index (χ0) is 12.5. The van der Waals surface area contributed by atoms with Crippen molar-refractivity contribution in [3.63, 3.8) is 0 Å². The molecular weight excluding hydrogens is 248 g/mol. The van der Waals surface area contributed by atoms with Crippen LogP contribution >= 0.6 is 11.3 Å². The van der Waals surface area contributed by atoms with Crippen LogP contribution in [0.25, 0.3) is 0 Å². The molecule has 1 aliphatic rings. The standard InChI is InChI=1S/C12H12N4OS/c1-2-9-4-14-11(18-9)12(17)16-5-8-3-13-7-15-10(8)6-16/h3-4,7H,2,5-6H2,1H3. The Morgan fingerprint density at radius 3 is 3.00 bits per heavy atom. The largest absolute Gasteiger partial charge is 0.326 e. The molecule has 0 radical (unpaired) electrons. The van der Waals surface area contributed by atoms with E-state index in [0.717, 1.165) is 22.6 Å². The highest BCUT2D eigenvalue weighted by Gasteiger charge is 2.26. The van der Waals surface area contributed by atoms with Crippen LogP contribution in [0.4, 0.5) is 0 Å². The maximum atomic E-state index is 12.3. The molecule has 0 atom stereocenters. The second kappa shape index (κ2) is 4.45. The highest BCUT2D eigenvalue weighted by Crippen LogP contribution is 2.23. The third-order valence-electron chi connectivity index (χ3n) is 2.96. The molecule has 0 aromatic carbocycles. The van der Waals surface area contributed by atoms with Gasteiger partial charge in [-0.25, -0.2) is 15.0 Å². The Labute approximate surface area is 109 Å². The Kier molecular flexibility index (Phi) is 2.79. The van der Waals surface area contributed by atoms with Crippen molar-refractivity contribution < 1.29 is 4.79 Å². The lowest BCUT2D eigenvalue weighted by Crippen LogP contribution is -2.25. The zero-order valence-electron chi connectivity index (χ0n) is 9.96. The summed E-state index contributed by atoms with van der Waals surface area (Å²) in [5, 5.41) is 0.563. The van der Waals surface area contributed by atoms with Crippen LogP contribution in [0.3, 0.4) is 0 Å². The van der Waals surface area contributed by atoms with Gasteiger partial charge in [0.2, 0.25) is 0 Å². The lowest BCUT2D eigenvalue weighted by molar-refractivity contribution is 0.0750. The van der Waals surface area contributed by atoms with Crippen molar-refractivity contribution in [2.45, 2.75) is 26.4 Å². The molecule has 0 fully saturated rings. The molecule has 6 heteroatoms. The molecule has 18 heavy (non-hydrogen) atoms. The monoisotopic (exact) mass is 260 g/mol. The summed E-state index contributed by atoms with van der Waals surface area (Å²) in [4.78, 5) is 27.5. The number of carbonyl (C=O) groups is 1. The van der Waals surface area contributed by atoms with Gasteiger partial charge in [-0.3, -0.25) is 4.79 Å². The van der Waals surface area contributed by atoms with E-state index in [4.69, 9.17) is 0 Å². The van der Waals surface area contributed by atoms with Crippen molar-refractivity contribution in [2.24, 2.45) is 0 Å². The van der Waals surface area contributed by atoms with Crippen LogP contribution in [0.1, 0.15) is 32.9 Å². The normalized spacial score (nSPS) is 13.7. The van der Waals surface area contributed by atoms with Crippen LogP contribution in [0.2, 0.25) is 0 Å². The second-order valence-electron chi connectivity index (χ2n) is 4.14. The Morgan fingerprint density at radius 1 is 1.39 bits per heavy atom. The molecule has 2 aromatic rings. The molecule has 0 aliphatic carbocycles. The number of aryl methyl sites for hydroxylation is 1. The number of nitrogens with zero attached hydrogens (tertiary/aromatic N) is 4. The van der Waals surface area contributed by atoms with Gasteiger partial charge >= 0.3 is 0 Å². The average molecular weight is 260 g/mol. The van der Waals surface area contributed by atoms with Crippen LogP contribution in [0.15, 0.2) is 18.7 Å². The predicted molar refractivity (Wildman–Crippen MR) is 67.1 cm³/mol. The van der Waals surface area contributed by atoms with Crippen molar-refractivity contribution in [1.29, 1.82) is 0 Å². The minimum absolute atomic E-state index is 0.0160. The molecule has 1 amide bonds. The van der Waals surface area contributed by atoms with Gasteiger partial charge in [-0.05, 0) is 6.42 Å². The van der Waals surface area contributed by atoms with Crippen LogP contribution in [-0.4, -0.2) is 25.8 Å². The first-order valence-electron chi connectivity index (χ1n) is 5.79. The van der Waals surface area contributed by atoms with Gasteiger partial charge in [0.1, 0.15) is 6.33 Å². The van der Waals surface area contributed by atoms with E-state index in [1.165, 1.54) is 17.7 Å². The van der Waals surface area contributed by atoms with Crippen molar-refractivity contribution in [1.82, 2.24) is 19.9 Å². The molecular formula is C12H12N4OS. The minimum Gasteiger partial charge on any atom is -0.326 e. The summed E-state index contributed by atoms with van der Waals surface area (Å²) in [6.45, 7) is 3.19. The Bertz CT molecular complexity index is 570. The number of carbonyl (C=O) groups excluding carboxylic acids is 1. The molecule has 0 N–H and O–H groups in total. The number of hydrogen-bond acceptors (Lipinski definition) is 5. The summed E-state index contributed by atoms with van der Waals surface area (Å²) in [6, 6.07) is 0. The summed E-state index contributed by atoms with van der Waals surface area (Å²) >= 11 is 1.47. The first-order valence-corrected chi connectivity index (χ1v) is 6.61. The number of hydrogen-bond donors (Lipinski definition) is 0. The van der Waals surface area contributed by atoms with Crippen LogP contribution in [0, 0.1) is 0 Å². The number of fused-ring (bicyclic) bond motifs is 1. The summed E-state index contributed by atoms with van der Waals surface area (Å²) in [6.07, 6.45) is 5.98. The Balaban J connectivity index is 1.80. The Hall–Kier alpha value is -1.82. The Morgan fingerprint density at radius 2 is 2.28 bits per heavy atom. The third kappa shape index (κ3) is 1.88. The van der Waals surface area contributed by atoms with Crippen molar-refractivity contribution in [2.75, 3.05) is 0 Å². The fourth-order valence-corrected chi connectivity index (χ4v) is 2.77. The predicted octanol–water partition coefficient (Wildman–Crippen LogP) is 1.65. The molecule has 2 aromatic heterocycles. The van der Waals surface area contributed by atoms with Crippen molar-refractivity contribution in [3.05, 3.63) is 39.9 Å². The van der Waals surface area contributed by atoms with E-state index >= 15 is 0 Å². The fourth-order valence-electron chi connectivity index (χ4n) is 1.95. The number of amides is 1. The highest BCUT2D eigenvalue weighted by molar-refractivity contribution is 7.13. The van der Waals surface area contributed by atoms with E-state index in [2.05, 4.69) is 21.9 Å². The molecule has 0 saturated heterocycles. The number of aromatic nitrogens is 3.